The summed E-state index contributed by atoms with van der Waals surface area (Å²) in [5.74, 6) is -0.604. The van der Waals surface area contributed by atoms with Crippen molar-refractivity contribution in [1.29, 1.82) is 0 Å². The Hall–Kier alpha value is -1.36. The van der Waals surface area contributed by atoms with Gasteiger partial charge in [-0.3, -0.25) is 0 Å². The Bertz CT molecular complexity index is 519. The molecule has 0 amide bonds. The van der Waals surface area contributed by atoms with Crippen molar-refractivity contribution < 1.29 is 17.6 Å². The van der Waals surface area contributed by atoms with E-state index in [1.807, 2.05) is 6.08 Å². The third-order valence-corrected chi connectivity index (χ3v) is 3.87. The fourth-order valence-corrected chi connectivity index (χ4v) is 2.78. The lowest BCUT2D eigenvalue weighted by Gasteiger charge is -2.22. The number of likely N-dealkylation sites (N-methyl/N-ethyl adjacent to an activating group) is 1. The molecule has 1 aromatic rings. The summed E-state index contributed by atoms with van der Waals surface area (Å²) < 4.78 is 52.5. The van der Waals surface area contributed by atoms with Gasteiger partial charge < -0.3 is 5.32 Å². The highest BCUT2D eigenvalue weighted by molar-refractivity contribution is 5.34. The van der Waals surface area contributed by atoms with Gasteiger partial charge in [0.05, 0.1) is 11.6 Å². The van der Waals surface area contributed by atoms with Gasteiger partial charge in [0.15, 0.2) is 0 Å². The standard InChI is InChI=1S/C16H19F4N/c1-21-15(11-6-4-2-3-5-7-11)13-10-12(16(18,19)20)8-9-14(13)17/h6,8-10,15,21H,2-5,7H2,1H3. The van der Waals surface area contributed by atoms with E-state index in [0.29, 0.717) is 0 Å². The van der Waals surface area contributed by atoms with Crippen molar-refractivity contribution in [3.05, 3.63) is 46.8 Å². The molecule has 1 N–H and O–H groups in total. The van der Waals surface area contributed by atoms with Gasteiger partial charge >= 0.3 is 6.18 Å². The Kier molecular flexibility index (Phi) is 5.04. The van der Waals surface area contributed by atoms with E-state index in [4.69, 9.17) is 0 Å². The summed E-state index contributed by atoms with van der Waals surface area (Å²) in [5, 5.41) is 2.96. The molecule has 0 aromatic heterocycles. The predicted octanol–water partition coefficient (Wildman–Crippen LogP) is 5.00. The third-order valence-electron chi connectivity index (χ3n) is 3.87. The zero-order valence-electron chi connectivity index (χ0n) is 11.9. The Labute approximate surface area is 122 Å². The average molecular weight is 301 g/mol. The maximum Gasteiger partial charge on any atom is 0.416 e. The second-order valence-electron chi connectivity index (χ2n) is 5.33. The van der Waals surface area contributed by atoms with Crippen LogP contribution in [0.4, 0.5) is 17.6 Å². The maximum atomic E-state index is 14.0. The molecule has 0 fully saturated rings. The van der Waals surface area contributed by atoms with Gasteiger partial charge in [-0.1, -0.05) is 18.1 Å². The second-order valence-corrected chi connectivity index (χ2v) is 5.33. The second kappa shape index (κ2) is 6.60. The normalized spacial score (nSPS) is 18.0. The Morgan fingerprint density at radius 3 is 2.57 bits per heavy atom. The topological polar surface area (TPSA) is 12.0 Å². The van der Waals surface area contributed by atoms with E-state index < -0.39 is 23.6 Å². The number of allylic oxidation sites excluding steroid dienone is 1. The van der Waals surface area contributed by atoms with Gasteiger partial charge in [0.2, 0.25) is 0 Å². The van der Waals surface area contributed by atoms with Crippen LogP contribution in [0.25, 0.3) is 0 Å². The van der Waals surface area contributed by atoms with Crippen LogP contribution in [0.15, 0.2) is 29.8 Å². The van der Waals surface area contributed by atoms with E-state index in [1.54, 1.807) is 7.05 Å². The van der Waals surface area contributed by atoms with Gasteiger partial charge in [0, 0.05) is 5.56 Å². The van der Waals surface area contributed by atoms with Gasteiger partial charge in [-0.2, -0.15) is 13.2 Å². The van der Waals surface area contributed by atoms with Gasteiger partial charge in [-0.15, -0.1) is 0 Å². The van der Waals surface area contributed by atoms with Crippen molar-refractivity contribution in [3.8, 4) is 0 Å². The van der Waals surface area contributed by atoms with Crippen molar-refractivity contribution in [3.63, 3.8) is 0 Å². The SMILES string of the molecule is CNC(C1=CCCCCC1)c1cc(C(F)(F)F)ccc1F. The van der Waals surface area contributed by atoms with E-state index in [9.17, 15) is 17.6 Å². The first-order chi connectivity index (χ1) is 9.93. The molecule has 0 bridgehead atoms. The minimum absolute atomic E-state index is 0.0699. The fraction of sp³-hybridized carbons (Fsp3) is 0.500. The highest BCUT2D eigenvalue weighted by Gasteiger charge is 2.32. The Morgan fingerprint density at radius 1 is 1.14 bits per heavy atom. The van der Waals surface area contributed by atoms with Gasteiger partial charge in [-0.05, 0) is 50.9 Å². The number of alkyl halides is 3. The highest BCUT2D eigenvalue weighted by atomic mass is 19.4. The van der Waals surface area contributed by atoms with E-state index in [0.717, 1.165) is 55.9 Å². The summed E-state index contributed by atoms with van der Waals surface area (Å²) in [6.45, 7) is 0. The summed E-state index contributed by atoms with van der Waals surface area (Å²) in [6.07, 6.45) is 2.43. The summed E-state index contributed by atoms with van der Waals surface area (Å²) in [7, 11) is 1.65. The lowest BCUT2D eigenvalue weighted by molar-refractivity contribution is -0.137. The van der Waals surface area contributed by atoms with Crippen LogP contribution in [-0.4, -0.2) is 7.05 Å². The molecule has 5 heteroatoms. The molecule has 1 aromatic carbocycles. The van der Waals surface area contributed by atoms with Crippen molar-refractivity contribution in [2.24, 2.45) is 0 Å². The molecule has 0 radical (unpaired) electrons. The molecule has 21 heavy (non-hydrogen) atoms. The Balaban J connectivity index is 2.39. The molecule has 1 aliphatic carbocycles. The first kappa shape index (κ1) is 16.0. The zero-order chi connectivity index (χ0) is 15.5. The molecule has 1 unspecified atom stereocenters. The van der Waals surface area contributed by atoms with Gasteiger partial charge in [0.1, 0.15) is 5.82 Å². The molecule has 1 atom stereocenters. The smallest absolute Gasteiger partial charge is 0.310 e. The summed E-state index contributed by atoms with van der Waals surface area (Å²) >= 11 is 0. The molecule has 2 rings (SSSR count). The third kappa shape index (κ3) is 3.84. The monoisotopic (exact) mass is 301 g/mol. The minimum Gasteiger partial charge on any atom is -0.310 e. The molecular weight excluding hydrogens is 282 g/mol. The lowest BCUT2D eigenvalue weighted by Crippen LogP contribution is -2.21. The van der Waals surface area contributed by atoms with Gasteiger partial charge in [0.25, 0.3) is 0 Å². The lowest BCUT2D eigenvalue weighted by atomic mass is 9.93. The van der Waals surface area contributed by atoms with Crippen LogP contribution in [-0.2, 0) is 6.18 Å². The molecular formula is C16H19F4N. The van der Waals surface area contributed by atoms with Crippen LogP contribution in [0.3, 0.4) is 0 Å². The molecule has 0 spiro atoms. The first-order valence-corrected chi connectivity index (χ1v) is 7.16. The molecule has 116 valence electrons. The average Bonchev–Trinajstić information content (AvgIpc) is 2.69. The van der Waals surface area contributed by atoms with Crippen LogP contribution in [0, 0.1) is 5.82 Å². The van der Waals surface area contributed by atoms with Gasteiger partial charge in [-0.25, -0.2) is 4.39 Å². The van der Waals surface area contributed by atoms with Crippen LogP contribution in [0.5, 0.6) is 0 Å². The fourth-order valence-electron chi connectivity index (χ4n) is 2.78. The number of hydrogen-bond acceptors (Lipinski definition) is 1. The first-order valence-electron chi connectivity index (χ1n) is 7.16. The number of nitrogens with one attached hydrogen (secondary N) is 1. The van der Waals surface area contributed by atoms with Crippen LogP contribution < -0.4 is 5.32 Å². The zero-order valence-corrected chi connectivity index (χ0v) is 11.9. The molecule has 0 saturated heterocycles. The van der Waals surface area contributed by atoms with Crippen molar-refractivity contribution in [2.75, 3.05) is 7.05 Å². The molecule has 1 nitrogen and oxygen atoms in total. The minimum atomic E-state index is -4.46. The van der Waals surface area contributed by atoms with Crippen LogP contribution >= 0.6 is 0 Å². The Morgan fingerprint density at radius 2 is 1.90 bits per heavy atom. The summed E-state index contributed by atoms with van der Waals surface area (Å²) in [4.78, 5) is 0. The van der Waals surface area contributed by atoms with E-state index in [-0.39, 0.29) is 5.56 Å². The van der Waals surface area contributed by atoms with Crippen molar-refractivity contribution in [1.82, 2.24) is 5.32 Å². The van der Waals surface area contributed by atoms with E-state index in [2.05, 4.69) is 5.32 Å². The predicted molar refractivity (Wildman–Crippen MR) is 74.4 cm³/mol. The molecule has 0 heterocycles. The van der Waals surface area contributed by atoms with Crippen LogP contribution in [0.1, 0.15) is 49.3 Å². The molecule has 0 saturated carbocycles. The quantitative estimate of drug-likeness (QED) is 0.612. The van der Waals surface area contributed by atoms with E-state index >= 15 is 0 Å². The maximum absolute atomic E-state index is 14.0. The largest absolute Gasteiger partial charge is 0.416 e. The van der Waals surface area contributed by atoms with Crippen LogP contribution in [0.2, 0.25) is 0 Å². The number of hydrogen-bond donors (Lipinski definition) is 1. The van der Waals surface area contributed by atoms with E-state index in [1.165, 1.54) is 0 Å². The number of benzene rings is 1. The number of rotatable bonds is 3. The number of halogens is 4. The van der Waals surface area contributed by atoms with Crippen molar-refractivity contribution >= 4 is 0 Å². The molecule has 1 aliphatic rings. The highest BCUT2D eigenvalue weighted by Crippen LogP contribution is 2.35. The summed E-state index contributed by atoms with van der Waals surface area (Å²) in [5.41, 5.74) is 0.238. The van der Waals surface area contributed by atoms with Crippen molar-refractivity contribution in [2.45, 2.75) is 44.3 Å². The molecule has 0 aliphatic heterocycles. The summed E-state index contributed by atoms with van der Waals surface area (Å²) in [6, 6.07) is 2.11.